The van der Waals surface area contributed by atoms with Crippen molar-refractivity contribution in [1.29, 1.82) is 0 Å². The summed E-state index contributed by atoms with van der Waals surface area (Å²) in [7, 11) is 0. The number of rotatable bonds is 4. The van der Waals surface area contributed by atoms with Gasteiger partial charge in [-0.3, -0.25) is 4.79 Å². The summed E-state index contributed by atoms with van der Waals surface area (Å²) < 4.78 is 5.31. The quantitative estimate of drug-likeness (QED) is 0.755. The van der Waals surface area contributed by atoms with Crippen LogP contribution in [0.15, 0.2) is 42.7 Å². The van der Waals surface area contributed by atoms with E-state index in [1.807, 2.05) is 41.6 Å². The van der Waals surface area contributed by atoms with Gasteiger partial charge in [0, 0.05) is 36.4 Å². The monoisotopic (exact) mass is 351 g/mol. The summed E-state index contributed by atoms with van der Waals surface area (Å²) in [6.45, 7) is 2.52. The van der Waals surface area contributed by atoms with E-state index in [1.54, 1.807) is 0 Å². The second-order valence-corrected chi connectivity index (χ2v) is 6.46. The molecule has 4 rings (SSSR count). The van der Waals surface area contributed by atoms with E-state index in [-0.39, 0.29) is 12.5 Å². The van der Waals surface area contributed by atoms with E-state index in [1.165, 1.54) is 0 Å². The fourth-order valence-electron chi connectivity index (χ4n) is 3.30. The zero-order chi connectivity index (χ0) is 17.9. The van der Waals surface area contributed by atoms with Gasteiger partial charge in [0.25, 0.3) is 0 Å². The number of amides is 1. The van der Waals surface area contributed by atoms with Crippen molar-refractivity contribution >= 4 is 16.9 Å². The Morgan fingerprint density at radius 1 is 1.23 bits per heavy atom. The maximum atomic E-state index is 12.6. The molecule has 26 heavy (non-hydrogen) atoms. The highest BCUT2D eigenvalue weighted by Crippen LogP contribution is 2.26. The van der Waals surface area contributed by atoms with Crippen LogP contribution in [-0.2, 0) is 22.6 Å². The summed E-state index contributed by atoms with van der Waals surface area (Å²) in [4.78, 5) is 22.0. The smallest absolute Gasteiger partial charge is 0.227 e. The number of carbonyl (C=O) groups is 1. The van der Waals surface area contributed by atoms with Crippen LogP contribution in [0.3, 0.4) is 0 Å². The predicted octanol–water partition coefficient (Wildman–Crippen LogP) is 2.12. The van der Waals surface area contributed by atoms with Crippen LogP contribution in [-0.4, -0.2) is 52.2 Å². The molecule has 3 aromatic rings. The van der Waals surface area contributed by atoms with Crippen LogP contribution in [0.2, 0.25) is 0 Å². The molecule has 2 aromatic heterocycles. The van der Waals surface area contributed by atoms with E-state index in [4.69, 9.17) is 4.74 Å². The number of nitrogens with one attached hydrogen (secondary N) is 1. The Morgan fingerprint density at radius 2 is 2.08 bits per heavy atom. The molecule has 6 nitrogen and oxygen atoms in total. The lowest BCUT2D eigenvalue weighted by molar-refractivity contribution is -0.134. The Bertz CT molecular complexity index is 929. The number of aliphatic hydroxyl groups is 1. The van der Waals surface area contributed by atoms with E-state index in [2.05, 4.69) is 16.0 Å². The van der Waals surface area contributed by atoms with Crippen molar-refractivity contribution in [3.05, 3.63) is 53.9 Å². The van der Waals surface area contributed by atoms with E-state index in [0.717, 1.165) is 33.3 Å². The van der Waals surface area contributed by atoms with Crippen molar-refractivity contribution in [2.24, 2.45) is 0 Å². The number of hydrogen-bond acceptors (Lipinski definition) is 4. The van der Waals surface area contributed by atoms with E-state index in [9.17, 15) is 9.90 Å². The number of aliphatic hydroxyl groups excluding tert-OH is 1. The van der Waals surface area contributed by atoms with Gasteiger partial charge in [0.2, 0.25) is 5.91 Å². The number of benzene rings is 1. The first-order chi connectivity index (χ1) is 12.7. The minimum Gasteiger partial charge on any atom is -0.392 e. The summed E-state index contributed by atoms with van der Waals surface area (Å²) in [5, 5.41) is 10.3. The molecule has 1 fully saturated rings. The fraction of sp³-hybridized carbons (Fsp3) is 0.300. The zero-order valence-corrected chi connectivity index (χ0v) is 14.4. The number of fused-ring (bicyclic) bond motifs is 1. The third kappa shape index (κ3) is 3.34. The average Bonchev–Trinajstić information content (AvgIpc) is 3.10. The van der Waals surface area contributed by atoms with Gasteiger partial charge in [0.15, 0.2) is 0 Å². The molecule has 1 saturated heterocycles. The fourth-order valence-corrected chi connectivity index (χ4v) is 3.30. The second-order valence-electron chi connectivity index (χ2n) is 6.46. The number of pyridine rings is 1. The minimum absolute atomic E-state index is 0.00691. The first-order valence-electron chi connectivity index (χ1n) is 8.76. The lowest BCUT2D eigenvalue weighted by atomic mass is 10.0. The first-order valence-corrected chi connectivity index (χ1v) is 8.76. The third-order valence-electron chi connectivity index (χ3n) is 4.77. The summed E-state index contributed by atoms with van der Waals surface area (Å²) >= 11 is 0. The lowest BCUT2D eigenvalue weighted by Gasteiger charge is -2.26. The third-order valence-corrected chi connectivity index (χ3v) is 4.77. The summed E-state index contributed by atoms with van der Waals surface area (Å²) in [6.07, 6.45) is 4.02. The van der Waals surface area contributed by atoms with E-state index >= 15 is 0 Å². The lowest BCUT2D eigenvalue weighted by Crippen LogP contribution is -2.41. The Hall–Kier alpha value is -2.70. The van der Waals surface area contributed by atoms with Crippen molar-refractivity contribution in [2.75, 3.05) is 26.3 Å². The first kappa shape index (κ1) is 16.8. The number of aromatic nitrogens is 2. The molecular weight excluding hydrogens is 330 g/mol. The highest BCUT2D eigenvalue weighted by Gasteiger charge is 2.19. The van der Waals surface area contributed by atoms with Gasteiger partial charge in [0.05, 0.1) is 26.2 Å². The van der Waals surface area contributed by atoms with E-state index in [0.29, 0.717) is 32.7 Å². The van der Waals surface area contributed by atoms with Crippen molar-refractivity contribution in [2.45, 2.75) is 13.0 Å². The number of carbonyl (C=O) groups excluding carboxylic acids is 1. The van der Waals surface area contributed by atoms with Crippen LogP contribution < -0.4 is 0 Å². The van der Waals surface area contributed by atoms with E-state index < -0.39 is 0 Å². The largest absolute Gasteiger partial charge is 0.392 e. The standard InChI is InChI=1S/C20H21N3O3/c24-13-14-2-1-3-15(8-14)16-9-18-17(12-22-20(18)21-11-16)10-19(25)23-4-6-26-7-5-23/h1-3,8-9,11-12,24H,4-7,10,13H2,(H,21,22). The molecule has 0 unspecified atom stereocenters. The van der Waals surface area contributed by atoms with Crippen molar-refractivity contribution in [1.82, 2.24) is 14.9 Å². The molecule has 0 spiro atoms. The minimum atomic E-state index is 0.00691. The molecular formula is C20H21N3O3. The number of hydrogen-bond donors (Lipinski definition) is 2. The maximum Gasteiger partial charge on any atom is 0.227 e. The summed E-state index contributed by atoms with van der Waals surface area (Å²) in [5.74, 6) is 0.113. The highest BCUT2D eigenvalue weighted by atomic mass is 16.5. The van der Waals surface area contributed by atoms with Crippen LogP contribution in [0, 0.1) is 0 Å². The zero-order valence-electron chi connectivity index (χ0n) is 14.4. The molecule has 0 atom stereocenters. The topological polar surface area (TPSA) is 78.5 Å². The Morgan fingerprint density at radius 3 is 2.88 bits per heavy atom. The number of nitrogens with zero attached hydrogens (tertiary/aromatic N) is 2. The van der Waals surface area contributed by atoms with Gasteiger partial charge in [-0.15, -0.1) is 0 Å². The van der Waals surface area contributed by atoms with Gasteiger partial charge in [-0.05, 0) is 28.8 Å². The summed E-state index contributed by atoms with van der Waals surface area (Å²) in [6, 6.07) is 9.81. The van der Waals surface area contributed by atoms with Crippen LogP contribution >= 0.6 is 0 Å². The van der Waals surface area contributed by atoms with Gasteiger partial charge in [-0.2, -0.15) is 0 Å². The Kier molecular flexibility index (Phi) is 4.69. The maximum absolute atomic E-state index is 12.6. The molecule has 0 bridgehead atoms. The Balaban J connectivity index is 1.63. The highest BCUT2D eigenvalue weighted by molar-refractivity contribution is 5.89. The number of aromatic amines is 1. The van der Waals surface area contributed by atoms with Crippen molar-refractivity contribution < 1.29 is 14.6 Å². The van der Waals surface area contributed by atoms with Gasteiger partial charge in [-0.1, -0.05) is 18.2 Å². The van der Waals surface area contributed by atoms with Gasteiger partial charge >= 0.3 is 0 Å². The number of ether oxygens (including phenoxy) is 1. The second kappa shape index (κ2) is 7.27. The Labute approximate surface area is 151 Å². The molecule has 1 aliphatic heterocycles. The number of H-pyrrole nitrogens is 1. The molecule has 0 saturated carbocycles. The van der Waals surface area contributed by atoms with Crippen molar-refractivity contribution in [3.63, 3.8) is 0 Å². The average molecular weight is 351 g/mol. The van der Waals surface area contributed by atoms with Crippen LogP contribution in [0.25, 0.3) is 22.2 Å². The molecule has 1 aromatic carbocycles. The van der Waals surface area contributed by atoms with Crippen molar-refractivity contribution in [3.8, 4) is 11.1 Å². The molecule has 3 heterocycles. The van der Waals surface area contributed by atoms with Crippen LogP contribution in [0.5, 0.6) is 0 Å². The van der Waals surface area contributed by atoms with Gasteiger partial charge in [-0.25, -0.2) is 4.98 Å². The van der Waals surface area contributed by atoms with Crippen LogP contribution in [0.1, 0.15) is 11.1 Å². The predicted molar refractivity (Wildman–Crippen MR) is 98.6 cm³/mol. The molecule has 6 heteroatoms. The molecule has 134 valence electrons. The molecule has 1 amide bonds. The molecule has 0 radical (unpaired) electrons. The normalized spacial score (nSPS) is 14.7. The molecule has 1 aliphatic rings. The molecule has 2 N–H and O–H groups in total. The van der Waals surface area contributed by atoms with Crippen LogP contribution in [0.4, 0.5) is 0 Å². The number of morpholine rings is 1. The van der Waals surface area contributed by atoms with Gasteiger partial charge in [0.1, 0.15) is 5.65 Å². The molecule has 0 aliphatic carbocycles. The SMILES string of the molecule is O=C(Cc1c[nH]c2ncc(-c3cccc(CO)c3)cc12)N1CCOCC1. The van der Waals surface area contributed by atoms with Gasteiger partial charge < -0.3 is 19.7 Å². The summed E-state index contributed by atoms with van der Waals surface area (Å²) in [5.41, 5.74) is 4.55.